The molecule has 2 aromatic rings. The van der Waals surface area contributed by atoms with Crippen LogP contribution in [0.1, 0.15) is 12.5 Å². The Balaban J connectivity index is 2.43. The van der Waals surface area contributed by atoms with Gasteiger partial charge in [0, 0.05) is 20.2 Å². The van der Waals surface area contributed by atoms with E-state index in [1.807, 2.05) is 48.5 Å². The van der Waals surface area contributed by atoms with E-state index < -0.39 is 11.4 Å². The van der Waals surface area contributed by atoms with E-state index in [0.717, 1.165) is 20.2 Å². The van der Waals surface area contributed by atoms with Crippen LogP contribution in [0.5, 0.6) is 0 Å². The maximum Gasteiger partial charge on any atom is 0.247 e. The number of rotatable bonds is 4. The second kappa shape index (κ2) is 5.97. The highest BCUT2D eigenvalue weighted by Crippen LogP contribution is 2.31. The Hall–Kier alpha value is -1.33. The van der Waals surface area contributed by atoms with Gasteiger partial charge in [0.15, 0.2) is 0 Å². The molecule has 0 heterocycles. The van der Waals surface area contributed by atoms with Gasteiger partial charge in [-0.15, -0.1) is 0 Å². The Kier molecular flexibility index (Phi) is 4.50. The molecular weight excluding hydrogens is 384 g/mol. The lowest BCUT2D eigenvalue weighted by Crippen LogP contribution is -2.45. The van der Waals surface area contributed by atoms with Crippen molar-refractivity contribution >= 4 is 43.5 Å². The van der Waals surface area contributed by atoms with Gasteiger partial charge in [0.05, 0.1) is 0 Å². The van der Waals surface area contributed by atoms with Crippen LogP contribution < -0.4 is 11.1 Å². The van der Waals surface area contributed by atoms with Crippen molar-refractivity contribution in [1.82, 2.24) is 0 Å². The number of anilines is 1. The predicted molar refractivity (Wildman–Crippen MR) is 88.5 cm³/mol. The van der Waals surface area contributed by atoms with Crippen LogP contribution in [0.2, 0.25) is 0 Å². The third-order valence-electron chi connectivity index (χ3n) is 3.14. The molecule has 3 nitrogen and oxygen atoms in total. The second-order valence-corrected chi connectivity index (χ2v) is 6.37. The van der Waals surface area contributed by atoms with Gasteiger partial charge in [-0.2, -0.15) is 0 Å². The number of primary amides is 1. The minimum atomic E-state index is -0.992. The molecule has 5 heteroatoms. The van der Waals surface area contributed by atoms with E-state index in [2.05, 4.69) is 37.2 Å². The van der Waals surface area contributed by atoms with E-state index in [4.69, 9.17) is 5.73 Å². The first-order chi connectivity index (χ1) is 9.43. The van der Waals surface area contributed by atoms with E-state index in [-0.39, 0.29) is 0 Å². The zero-order chi connectivity index (χ0) is 14.8. The van der Waals surface area contributed by atoms with Crippen LogP contribution in [-0.4, -0.2) is 5.91 Å². The third-order valence-corrected chi connectivity index (χ3v) is 4.36. The van der Waals surface area contributed by atoms with E-state index in [0.29, 0.717) is 0 Å². The molecule has 0 aliphatic carbocycles. The van der Waals surface area contributed by atoms with Gasteiger partial charge in [-0.25, -0.2) is 0 Å². The van der Waals surface area contributed by atoms with Crippen molar-refractivity contribution in [1.29, 1.82) is 0 Å². The Labute approximate surface area is 134 Å². The van der Waals surface area contributed by atoms with Gasteiger partial charge in [0.1, 0.15) is 5.54 Å². The average molecular weight is 398 g/mol. The van der Waals surface area contributed by atoms with E-state index in [1.54, 1.807) is 6.92 Å². The van der Waals surface area contributed by atoms with E-state index in [9.17, 15) is 4.79 Å². The van der Waals surface area contributed by atoms with Gasteiger partial charge in [-0.05, 0) is 37.3 Å². The lowest BCUT2D eigenvalue weighted by molar-refractivity contribution is -0.122. The monoisotopic (exact) mass is 396 g/mol. The van der Waals surface area contributed by atoms with Gasteiger partial charge in [-0.1, -0.05) is 50.1 Å². The number of carbonyl (C=O) groups excluding carboxylic acids is 1. The maximum absolute atomic E-state index is 12.0. The molecule has 0 radical (unpaired) electrons. The molecule has 0 aromatic heterocycles. The molecule has 0 saturated heterocycles. The quantitative estimate of drug-likeness (QED) is 0.818. The van der Waals surface area contributed by atoms with Gasteiger partial charge >= 0.3 is 0 Å². The highest BCUT2D eigenvalue weighted by molar-refractivity contribution is 9.10. The third kappa shape index (κ3) is 3.04. The molecule has 0 aliphatic rings. The standard InChI is InChI=1S/C15H14Br2N2O/c1-15(14(18)20,12-4-2-3-5-13(12)17)19-11-8-6-10(16)7-9-11/h2-9,19H,1H3,(H2,18,20). The van der Waals surface area contributed by atoms with Crippen molar-refractivity contribution < 1.29 is 4.79 Å². The van der Waals surface area contributed by atoms with Crippen molar-refractivity contribution in [2.45, 2.75) is 12.5 Å². The summed E-state index contributed by atoms with van der Waals surface area (Å²) >= 11 is 6.85. The summed E-state index contributed by atoms with van der Waals surface area (Å²) in [5.74, 6) is -0.438. The number of carbonyl (C=O) groups is 1. The summed E-state index contributed by atoms with van der Waals surface area (Å²) in [5.41, 5.74) is 6.25. The molecule has 1 atom stereocenters. The van der Waals surface area contributed by atoms with Crippen LogP contribution in [0, 0.1) is 0 Å². The fraction of sp³-hybridized carbons (Fsp3) is 0.133. The molecule has 20 heavy (non-hydrogen) atoms. The highest BCUT2D eigenvalue weighted by atomic mass is 79.9. The SMILES string of the molecule is CC(Nc1ccc(Br)cc1)(C(N)=O)c1ccccc1Br. The van der Waals surface area contributed by atoms with E-state index in [1.165, 1.54) is 0 Å². The summed E-state index contributed by atoms with van der Waals surface area (Å²) in [7, 11) is 0. The molecule has 1 unspecified atom stereocenters. The van der Waals surface area contributed by atoms with Gasteiger partial charge in [0.2, 0.25) is 5.91 Å². The van der Waals surface area contributed by atoms with Crippen LogP contribution in [0.4, 0.5) is 5.69 Å². The number of hydrogen-bond donors (Lipinski definition) is 2. The number of benzene rings is 2. The minimum absolute atomic E-state index is 0.438. The Bertz CT molecular complexity index is 628. The summed E-state index contributed by atoms with van der Waals surface area (Å²) < 4.78 is 1.82. The minimum Gasteiger partial charge on any atom is -0.368 e. The zero-order valence-corrected chi connectivity index (χ0v) is 14.0. The molecule has 104 valence electrons. The zero-order valence-electron chi connectivity index (χ0n) is 10.9. The molecule has 0 saturated carbocycles. The van der Waals surface area contributed by atoms with Crippen LogP contribution in [0.15, 0.2) is 57.5 Å². The first-order valence-corrected chi connectivity index (χ1v) is 7.61. The number of nitrogens with one attached hydrogen (secondary N) is 1. The normalized spacial score (nSPS) is 13.6. The Morgan fingerprint density at radius 2 is 1.70 bits per heavy atom. The molecule has 0 bridgehead atoms. The van der Waals surface area contributed by atoms with Gasteiger partial charge < -0.3 is 11.1 Å². The molecule has 2 aromatic carbocycles. The predicted octanol–water partition coefficient (Wildman–Crippen LogP) is 4.02. The van der Waals surface area contributed by atoms with Crippen molar-refractivity contribution in [3.8, 4) is 0 Å². The lowest BCUT2D eigenvalue weighted by atomic mass is 9.91. The van der Waals surface area contributed by atoms with Gasteiger partial charge in [0.25, 0.3) is 0 Å². The average Bonchev–Trinajstić information content (AvgIpc) is 2.41. The van der Waals surface area contributed by atoms with Crippen molar-refractivity contribution in [2.75, 3.05) is 5.32 Å². The molecular formula is C15H14Br2N2O. The fourth-order valence-electron chi connectivity index (χ4n) is 1.95. The first kappa shape index (κ1) is 15.1. The largest absolute Gasteiger partial charge is 0.368 e. The molecule has 0 spiro atoms. The second-order valence-electron chi connectivity index (χ2n) is 4.60. The highest BCUT2D eigenvalue weighted by Gasteiger charge is 2.34. The maximum atomic E-state index is 12.0. The fourth-order valence-corrected chi connectivity index (χ4v) is 2.90. The summed E-state index contributed by atoms with van der Waals surface area (Å²) in [6, 6.07) is 15.1. The van der Waals surface area contributed by atoms with Gasteiger partial charge in [-0.3, -0.25) is 4.79 Å². The van der Waals surface area contributed by atoms with Crippen molar-refractivity contribution in [3.05, 3.63) is 63.0 Å². The smallest absolute Gasteiger partial charge is 0.247 e. The molecule has 2 rings (SSSR count). The van der Waals surface area contributed by atoms with E-state index >= 15 is 0 Å². The number of hydrogen-bond acceptors (Lipinski definition) is 2. The number of amides is 1. The molecule has 0 aliphatic heterocycles. The summed E-state index contributed by atoms with van der Waals surface area (Å²) in [6.07, 6.45) is 0. The Morgan fingerprint density at radius 3 is 2.25 bits per heavy atom. The lowest BCUT2D eigenvalue weighted by Gasteiger charge is -2.30. The topological polar surface area (TPSA) is 55.1 Å². The van der Waals surface area contributed by atoms with Crippen LogP contribution in [-0.2, 0) is 10.3 Å². The Morgan fingerprint density at radius 1 is 1.10 bits per heavy atom. The van der Waals surface area contributed by atoms with Crippen LogP contribution in [0.3, 0.4) is 0 Å². The first-order valence-electron chi connectivity index (χ1n) is 6.02. The van der Waals surface area contributed by atoms with Crippen molar-refractivity contribution in [2.24, 2.45) is 5.73 Å². The summed E-state index contributed by atoms with van der Waals surface area (Å²) in [4.78, 5) is 12.0. The summed E-state index contributed by atoms with van der Waals surface area (Å²) in [6.45, 7) is 1.78. The number of nitrogens with two attached hydrogens (primary N) is 1. The number of halogens is 2. The van der Waals surface area contributed by atoms with Crippen molar-refractivity contribution in [3.63, 3.8) is 0 Å². The van der Waals surface area contributed by atoms with Crippen LogP contribution >= 0.6 is 31.9 Å². The summed E-state index contributed by atoms with van der Waals surface area (Å²) in [5, 5.41) is 3.21. The van der Waals surface area contributed by atoms with Crippen LogP contribution in [0.25, 0.3) is 0 Å². The molecule has 0 fully saturated rings. The molecule has 1 amide bonds. The molecule has 3 N–H and O–H groups in total.